The Morgan fingerprint density at radius 1 is 1.21 bits per heavy atom. The van der Waals surface area contributed by atoms with E-state index >= 15 is 0 Å². The SMILES string of the molecule is CN=C(NCc1nccn1C(F)F)N1CCN(C/C=C/c2ccccc2)CC1.I. The molecule has 1 aromatic carbocycles. The third-order valence-corrected chi connectivity index (χ3v) is 4.72. The van der Waals surface area contributed by atoms with Gasteiger partial charge in [-0.2, -0.15) is 8.78 Å². The van der Waals surface area contributed by atoms with Crippen LogP contribution in [0.1, 0.15) is 17.9 Å². The zero-order valence-corrected chi connectivity index (χ0v) is 18.7. The van der Waals surface area contributed by atoms with Gasteiger partial charge in [0.25, 0.3) is 0 Å². The van der Waals surface area contributed by atoms with Crippen molar-refractivity contribution in [1.82, 2.24) is 24.7 Å². The van der Waals surface area contributed by atoms with E-state index in [1.54, 1.807) is 7.05 Å². The maximum atomic E-state index is 12.9. The average Bonchev–Trinajstić information content (AvgIpc) is 3.19. The predicted octanol–water partition coefficient (Wildman–Crippen LogP) is 3.30. The molecule has 0 saturated carbocycles. The molecule has 6 nitrogen and oxygen atoms in total. The Bertz CT molecular complexity index is 785. The molecule has 1 fully saturated rings. The van der Waals surface area contributed by atoms with Crippen LogP contribution in [0.4, 0.5) is 8.78 Å². The first-order valence-electron chi connectivity index (χ1n) is 9.37. The first-order chi connectivity index (χ1) is 13.7. The number of hydrogen-bond acceptors (Lipinski definition) is 3. The molecular formula is C20H27F2IN6. The first kappa shape index (κ1) is 23.3. The normalized spacial score (nSPS) is 15.7. The monoisotopic (exact) mass is 516 g/mol. The van der Waals surface area contributed by atoms with Crippen LogP contribution in [-0.4, -0.2) is 65.1 Å². The molecule has 1 aliphatic heterocycles. The van der Waals surface area contributed by atoms with Gasteiger partial charge < -0.3 is 10.2 Å². The quantitative estimate of drug-likeness (QED) is 0.364. The van der Waals surface area contributed by atoms with Gasteiger partial charge in [-0.25, -0.2) is 4.98 Å². The number of nitrogens with zero attached hydrogens (tertiary/aromatic N) is 5. The Kier molecular flexibility index (Phi) is 9.52. The van der Waals surface area contributed by atoms with E-state index in [1.807, 2.05) is 18.2 Å². The van der Waals surface area contributed by atoms with E-state index in [0.29, 0.717) is 11.8 Å². The number of hydrogen-bond donors (Lipinski definition) is 1. The third kappa shape index (κ3) is 6.77. The summed E-state index contributed by atoms with van der Waals surface area (Å²) in [6.07, 6.45) is 6.99. The molecule has 29 heavy (non-hydrogen) atoms. The number of rotatable bonds is 6. The van der Waals surface area contributed by atoms with Gasteiger partial charge in [0.05, 0.1) is 6.54 Å². The van der Waals surface area contributed by atoms with E-state index in [4.69, 9.17) is 0 Å². The van der Waals surface area contributed by atoms with Crippen molar-refractivity contribution in [3.63, 3.8) is 0 Å². The summed E-state index contributed by atoms with van der Waals surface area (Å²) in [4.78, 5) is 12.8. The zero-order chi connectivity index (χ0) is 19.8. The molecule has 1 aliphatic rings. The van der Waals surface area contributed by atoms with Crippen LogP contribution in [0.15, 0.2) is 53.8 Å². The molecule has 0 aliphatic carbocycles. The molecule has 1 saturated heterocycles. The summed E-state index contributed by atoms with van der Waals surface area (Å²) in [5.41, 5.74) is 1.20. The fraction of sp³-hybridized carbons (Fsp3) is 0.400. The number of aliphatic imine (C=N–C) groups is 1. The Balaban J connectivity index is 0.00000300. The highest BCUT2D eigenvalue weighted by Crippen LogP contribution is 2.12. The van der Waals surface area contributed by atoms with Crippen molar-refractivity contribution in [3.05, 3.63) is 60.2 Å². The molecule has 158 valence electrons. The molecule has 9 heteroatoms. The molecule has 0 unspecified atom stereocenters. The second-order valence-corrected chi connectivity index (χ2v) is 6.53. The zero-order valence-electron chi connectivity index (χ0n) is 16.4. The minimum Gasteiger partial charge on any atom is -0.349 e. The standard InChI is InChI=1S/C20H26F2N6.HI/c1-23-20(25-16-18-24-9-11-28(18)19(21)22)27-14-12-26(13-15-27)10-5-8-17-6-3-2-4-7-17;/h2-9,11,19H,10,12-16H2,1H3,(H,23,25);1H/b8-5+;. The molecule has 0 radical (unpaired) electrons. The molecule has 3 rings (SSSR count). The van der Waals surface area contributed by atoms with E-state index in [1.165, 1.54) is 18.0 Å². The number of imidazole rings is 1. The van der Waals surface area contributed by atoms with Gasteiger partial charge in [0, 0.05) is 52.2 Å². The minimum atomic E-state index is -2.59. The molecule has 0 atom stereocenters. The summed E-state index contributed by atoms with van der Waals surface area (Å²) in [7, 11) is 1.71. The Labute approximate surface area is 187 Å². The van der Waals surface area contributed by atoms with Crippen LogP contribution in [0.2, 0.25) is 0 Å². The number of guanidine groups is 1. The minimum absolute atomic E-state index is 0. The van der Waals surface area contributed by atoms with Crippen LogP contribution >= 0.6 is 24.0 Å². The number of benzene rings is 1. The van der Waals surface area contributed by atoms with Crippen molar-refractivity contribution in [1.29, 1.82) is 0 Å². The van der Waals surface area contributed by atoms with Crippen molar-refractivity contribution >= 4 is 36.0 Å². The van der Waals surface area contributed by atoms with Crippen LogP contribution in [0.5, 0.6) is 0 Å². The highest BCUT2D eigenvalue weighted by atomic mass is 127. The smallest absolute Gasteiger partial charge is 0.319 e. The number of nitrogens with one attached hydrogen (secondary N) is 1. The summed E-state index contributed by atoms with van der Waals surface area (Å²) in [5, 5.41) is 3.14. The van der Waals surface area contributed by atoms with Crippen LogP contribution in [-0.2, 0) is 6.54 Å². The lowest BCUT2D eigenvalue weighted by molar-refractivity contribution is 0.0668. The molecule has 0 bridgehead atoms. The van der Waals surface area contributed by atoms with Gasteiger partial charge in [0.2, 0.25) is 0 Å². The largest absolute Gasteiger partial charge is 0.349 e. The van der Waals surface area contributed by atoms with Crippen molar-refractivity contribution in [2.75, 3.05) is 39.8 Å². The van der Waals surface area contributed by atoms with Crippen LogP contribution < -0.4 is 5.32 Å². The summed E-state index contributed by atoms with van der Waals surface area (Å²) in [6.45, 7) is 2.04. The maximum absolute atomic E-state index is 12.9. The molecule has 0 spiro atoms. The average molecular weight is 516 g/mol. The van der Waals surface area contributed by atoms with Gasteiger partial charge in [0.1, 0.15) is 5.82 Å². The predicted molar refractivity (Wildman–Crippen MR) is 123 cm³/mol. The van der Waals surface area contributed by atoms with Gasteiger partial charge in [-0.15, -0.1) is 24.0 Å². The number of piperazine rings is 1. The second-order valence-electron chi connectivity index (χ2n) is 6.53. The second kappa shape index (κ2) is 11.9. The van der Waals surface area contributed by atoms with E-state index in [9.17, 15) is 8.78 Å². The lowest BCUT2D eigenvalue weighted by Gasteiger charge is -2.36. The van der Waals surface area contributed by atoms with E-state index in [-0.39, 0.29) is 30.5 Å². The summed E-state index contributed by atoms with van der Waals surface area (Å²) in [6, 6.07) is 10.3. The first-order valence-corrected chi connectivity index (χ1v) is 9.37. The fourth-order valence-corrected chi connectivity index (χ4v) is 3.19. The van der Waals surface area contributed by atoms with Crippen LogP contribution in [0, 0.1) is 0 Å². The Hall–Kier alpha value is -2.01. The van der Waals surface area contributed by atoms with Crippen molar-refractivity contribution < 1.29 is 8.78 Å². The molecule has 2 aromatic rings. The maximum Gasteiger partial charge on any atom is 0.319 e. The lowest BCUT2D eigenvalue weighted by Crippen LogP contribution is -2.52. The van der Waals surface area contributed by atoms with Gasteiger partial charge >= 0.3 is 6.55 Å². The van der Waals surface area contributed by atoms with Crippen molar-refractivity contribution in [2.24, 2.45) is 4.99 Å². The summed E-state index contributed by atoms with van der Waals surface area (Å²) in [5.74, 6) is 1.00. The molecular weight excluding hydrogens is 489 g/mol. The number of halogens is 3. The highest BCUT2D eigenvalue weighted by molar-refractivity contribution is 14.0. The molecule has 1 N–H and O–H groups in total. The Morgan fingerprint density at radius 3 is 2.59 bits per heavy atom. The number of aromatic nitrogens is 2. The molecule has 0 amide bonds. The van der Waals surface area contributed by atoms with Gasteiger partial charge in [0.15, 0.2) is 5.96 Å². The molecule has 1 aromatic heterocycles. The summed E-state index contributed by atoms with van der Waals surface area (Å²) >= 11 is 0. The summed E-state index contributed by atoms with van der Waals surface area (Å²) < 4.78 is 26.7. The van der Waals surface area contributed by atoms with Crippen molar-refractivity contribution in [2.45, 2.75) is 13.1 Å². The third-order valence-electron chi connectivity index (χ3n) is 4.72. The van der Waals surface area contributed by atoms with Crippen molar-refractivity contribution in [3.8, 4) is 0 Å². The fourth-order valence-electron chi connectivity index (χ4n) is 3.19. The van der Waals surface area contributed by atoms with Gasteiger partial charge in [-0.05, 0) is 5.56 Å². The lowest BCUT2D eigenvalue weighted by atomic mass is 10.2. The van der Waals surface area contributed by atoms with Crippen LogP contribution in [0.3, 0.4) is 0 Å². The number of alkyl halides is 2. The van der Waals surface area contributed by atoms with E-state index in [2.05, 4.69) is 49.4 Å². The van der Waals surface area contributed by atoms with E-state index in [0.717, 1.165) is 37.3 Å². The van der Waals surface area contributed by atoms with Gasteiger partial charge in [-0.3, -0.25) is 14.5 Å². The topological polar surface area (TPSA) is 48.7 Å². The van der Waals surface area contributed by atoms with Crippen LogP contribution in [0.25, 0.3) is 6.08 Å². The highest BCUT2D eigenvalue weighted by Gasteiger charge is 2.19. The van der Waals surface area contributed by atoms with E-state index < -0.39 is 6.55 Å². The van der Waals surface area contributed by atoms with Gasteiger partial charge in [-0.1, -0.05) is 42.5 Å². The molecule has 2 heterocycles. The Morgan fingerprint density at radius 2 is 1.93 bits per heavy atom.